The molecule has 3 rings (SSSR count). The zero-order chi connectivity index (χ0) is 20.1. The van der Waals surface area contributed by atoms with Crippen LogP contribution >= 0.6 is 11.6 Å². The number of imidazole rings is 1. The van der Waals surface area contributed by atoms with Crippen LogP contribution in [0, 0.1) is 0 Å². The molecule has 0 saturated heterocycles. The average Bonchev–Trinajstić information content (AvgIpc) is 3.07. The Balaban J connectivity index is 1.70. The molecule has 146 valence electrons. The number of carbonyl (C=O) groups is 1. The van der Waals surface area contributed by atoms with Crippen LogP contribution in [-0.2, 0) is 36.0 Å². The molecular formula is C19H17ClN3O4S-. The fraction of sp³-hybridized carbons (Fsp3) is 0.158. The van der Waals surface area contributed by atoms with Gasteiger partial charge >= 0.3 is 0 Å². The summed E-state index contributed by atoms with van der Waals surface area (Å²) < 4.78 is 30.4. The van der Waals surface area contributed by atoms with Crippen LogP contribution in [0.5, 0.6) is 5.88 Å². The Morgan fingerprint density at radius 3 is 2.75 bits per heavy atom. The summed E-state index contributed by atoms with van der Waals surface area (Å²) >= 11 is 3.58. The van der Waals surface area contributed by atoms with Gasteiger partial charge in [0.05, 0.1) is 18.9 Å². The van der Waals surface area contributed by atoms with Crippen LogP contribution in [0.15, 0.2) is 59.9 Å². The highest BCUT2D eigenvalue weighted by molar-refractivity contribution is 7.79. The van der Waals surface area contributed by atoms with Crippen molar-refractivity contribution >= 4 is 34.3 Å². The number of hydrogen-bond acceptors (Lipinski definition) is 5. The number of aryl methyl sites for hydroxylation is 1. The maximum Gasteiger partial charge on any atom is 0.231 e. The number of rotatable bonds is 7. The lowest BCUT2D eigenvalue weighted by atomic mass is 10.1. The van der Waals surface area contributed by atoms with Crippen LogP contribution < -0.4 is 10.1 Å². The third-order valence-corrected chi connectivity index (χ3v) is 5.00. The first-order chi connectivity index (χ1) is 13.4. The summed E-state index contributed by atoms with van der Waals surface area (Å²) in [6.07, 6.45) is 3.34. The summed E-state index contributed by atoms with van der Waals surface area (Å²) in [5.74, 6) is 0.0930. The Bertz CT molecular complexity index is 1020. The second-order valence-corrected chi connectivity index (χ2v) is 7.36. The van der Waals surface area contributed by atoms with E-state index in [-0.39, 0.29) is 23.8 Å². The molecule has 1 N–H and O–H groups in total. The van der Waals surface area contributed by atoms with Crippen molar-refractivity contribution in [2.24, 2.45) is 7.05 Å². The lowest BCUT2D eigenvalue weighted by Gasteiger charge is -2.14. The number of carbonyl (C=O) groups excluding carboxylic acids is 1. The number of nitrogens with zero attached hydrogens (tertiary/aromatic N) is 2. The highest BCUT2D eigenvalue weighted by Gasteiger charge is 2.11. The summed E-state index contributed by atoms with van der Waals surface area (Å²) in [5.41, 5.74) is 1.52. The van der Waals surface area contributed by atoms with Gasteiger partial charge in [-0.15, -0.1) is 0 Å². The van der Waals surface area contributed by atoms with Gasteiger partial charge in [-0.1, -0.05) is 35.9 Å². The highest BCUT2D eigenvalue weighted by atomic mass is 35.5. The van der Waals surface area contributed by atoms with E-state index in [1.54, 1.807) is 60.5 Å². The largest absolute Gasteiger partial charge is 0.768 e. The Kier molecular flexibility index (Phi) is 6.45. The first kappa shape index (κ1) is 20.1. The molecule has 1 heterocycles. The van der Waals surface area contributed by atoms with E-state index >= 15 is 0 Å². The topological polar surface area (TPSA) is 96.3 Å². The van der Waals surface area contributed by atoms with Crippen molar-refractivity contribution in [3.05, 3.63) is 71.1 Å². The smallest absolute Gasteiger partial charge is 0.231 e. The summed E-state index contributed by atoms with van der Waals surface area (Å²) in [4.78, 5) is 16.3. The molecule has 0 spiro atoms. The number of aromatic nitrogens is 2. The fourth-order valence-corrected chi connectivity index (χ4v) is 3.31. The molecule has 0 aliphatic heterocycles. The molecule has 3 aromatic rings. The maximum absolute atomic E-state index is 12.3. The Hall–Kier alpha value is -2.68. The van der Waals surface area contributed by atoms with Gasteiger partial charge in [0.25, 0.3) is 0 Å². The summed E-state index contributed by atoms with van der Waals surface area (Å²) in [7, 11) is 1.80. The molecule has 1 atom stereocenters. The normalized spacial score (nSPS) is 11.8. The predicted molar refractivity (Wildman–Crippen MR) is 105 cm³/mol. The second kappa shape index (κ2) is 9.01. The zero-order valence-electron chi connectivity index (χ0n) is 14.9. The number of ether oxygens (including phenoxy) is 1. The van der Waals surface area contributed by atoms with Crippen molar-refractivity contribution < 1.29 is 18.3 Å². The van der Waals surface area contributed by atoms with Crippen LogP contribution in [0.3, 0.4) is 0 Å². The van der Waals surface area contributed by atoms with Gasteiger partial charge in [0, 0.05) is 28.2 Å². The van der Waals surface area contributed by atoms with Crippen LogP contribution in [-0.4, -0.2) is 24.2 Å². The number of nitrogens with one attached hydrogen (secondary N) is 1. The molecule has 0 bridgehead atoms. The molecule has 0 aliphatic rings. The first-order valence-electron chi connectivity index (χ1n) is 8.28. The van der Waals surface area contributed by atoms with Crippen molar-refractivity contribution in [3.8, 4) is 5.88 Å². The average molecular weight is 419 g/mol. The minimum Gasteiger partial charge on any atom is -0.768 e. The summed E-state index contributed by atoms with van der Waals surface area (Å²) in [6.45, 7) is 0.0359. The monoisotopic (exact) mass is 418 g/mol. The molecule has 28 heavy (non-hydrogen) atoms. The molecule has 0 fully saturated rings. The van der Waals surface area contributed by atoms with Crippen molar-refractivity contribution in [1.29, 1.82) is 0 Å². The van der Waals surface area contributed by atoms with Gasteiger partial charge in [-0.2, -0.15) is 0 Å². The predicted octanol–water partition coefficient (Wildman–Crippen LogP) is 3.07. The lowest BCUT2D eigenvalue weighted by molar-refractivity contribution is -0.115. The first-order valence-corrected chi connectivity index (χ1v) is 9.74. The summed E-state index contributed by atoms with van der Waals surface area (Å²) in [6, 6.07) is 11.7. The van der Waals surface area contributed by atoms with Gasteiger partial charge in [0.1, 0.15) is 6.61 Å². The van der Waals surface area contributed by atoms with Gasteiger partial charge in [0.2, 0.25) is 11.8 Å². The van der Waals surface area contributed by atoms with Crippen molar-refractivity contribution in [3.63, 3.8) is 0 Å². The Morgan fingerprint density at radius 1 is 1.29 bits per heavy atom. The van der Waals surface area contributed by atoms with E-state index in [1.807, 2.05) is 0 Å². The molecule has 0 aliphatic carbocycles. The van der Waals surface area contributed by atoms with Crippen LogP contribution in [0.4, 0.5) is 5.69 Å². The number of amides is 1. The second-order valence-electron chi connectivity index (χ2n) is 6.04. The van der Waals surface area contributed by atoms with E-state index < -0.39 is 11.1 Å². The fourth-order valence-electron chi connectivity index (χ4n) is 2.54. The summed E-state index contributed by atoms with van der Waals surface area (Å²) in [5, 5.41) is 3.19. The number of anilines is 1. The van der Waals surface area contributed by atoms with Gasteiger partial charge in [0.15, 0.2) is 0 Å². The molecule has 9 heteroatoms. The molecule has 1 amide bonds. The van der Waals surface area contributed by atoms with Gasteiger partial charge in [-0.25, -0.2) is 4.98 Å². The molecule has 2 aromatic carbocycles. The highest BCUT2D eigenvalue weighted by Crippen LogP contribution is 2.22. The van der Waals surface area contributed by atoms with Crippen LogP contribution in [0.2, 0.25) is 5.02 Å². The molecule has 1 aromatic heterocycles. The van der Waals surface area contributed by atoms with Gasteiger partial charge < -0.3 is 19.2 Å². The van der Waals surface area contributed by atoms with Crippen molar-refractivity contribution in [2.75, 3.05) is 5.32 Å². The SMILES string of the molecule is Cn1cnc(OCc2ccc(NC(=O)Cc3ccccc3Cl)cc2S(=O)[O-])c1. The molecule has 0 saturated carbocycles. The van der Waals surface area contributed by atoms with Crippen LogP contribution in [0.1, 0.15) is 11.1 Å². The quantitative estimate of drug-likeness (QED) is 0.595. The number of halogens is 1. The third kappa shape index (κ3) is 5.19. The van der Waals surface area contributed by atoms with E-state index in [1.165, 1.54) is 6.07 Å². The van der Waals surface area contributed by atoms with Crippen LogP contribution in [0.25, 0.3) is 0 Å². The zero-order valence-corrected chi connectivity index (χ0v) is 16.5. The maximum atomic E-state index is 12.3. The third-order valence-electron chi connectivity index (χ3n) is 3.90. The molecular weight excluding hydrogens is 402 g/mol. The van der Waals surface area contributed by atoms with E-state index in [0.717, 1.165) is 0 Å². The standard InChI is InChI=1S/C19H18ClN3O4S/c1-23-10-19(21-12-23)27-11-14-6-7-15(9-17(14)28(25)26)22-18(24)8-13-4-2-3-5-16(13)20/h2-7,9-10,12H,8,11H2,1H3,(H,22,24)(H,25,26)/p-1. The van der Waals surface area contributed by atoms with Gasteiger partial charge in [-0.3, -0.25) is 9.00 Å². The lowest BCUT2D eigenvalue weighted by Crippen LogP contribution is -2.15. The van der Waals surface area contributed by atoms with Crippen molar-refractivity contribution in [1.82, 2.24) is 9.55 Å². The molecule has 0 radical (unpaired) electrons. The van der Waals surface area contributed by atoms with E-state index in [4.69, 9.17) is 16.3 Å². The minimum absolute atomic E-state index is 0.0359. The number of hydrogen-bond donors (Lipinski definition) is 1. The molecule has 1 unspecified atom stereocenters. The Labute approximate surface area is 169 Å². The van der Waals surface area contributed by atoms with E-state index in [9.17, 15) is 13.6 Å². The van der Waals surface area contributed by atoms with Gasteiger partial charge in [-0.05, 0) is 34.8 Å². The minimum atomic E-state index is -2.49. The van der Waals surface area contributed by atoms with E-state index in [0.29, 0.717) is 27.7 Å². The number of benzene rings is 2. The van der Waals surface area contributed by atoms with E-state index in [2.05, 4.69) is 10.3 Å². The Morgan fingerprint density at radius 2 is 2.07 bits per heavy atom. The van der Waals surface area contributed by atoms with Crippen molar-refractivity contribution in [2.45, 2.75) is 17.9 Å². The molecule has 7 nitrogen and oxygen atoms in total.